The van der Waals surface area contributed by atoms with Gasteiger partial charge in [-0.15, -0.1) is 11.8 Å². The smallest absolute Gasteiger partial charge is 0.152 e. The zero-order chi connectivity index (χ0) is 11.3. The van der Waals surface area contributed by atoms with E-state index in [0.29, 0.717) is 25.1 Å². The fourth-order valence-corrected chi connectivity index (χ4v) is 1.09. The Bertz CT molecular complexity index is 381. The van der Waals surface area contributed by atoms with Gasteiger partial charge in [0.1, 0.15) is 11.5 Å². The zero-order valence-corrected chi connectivity index (χ0v) is 8.20. The molecule has 0 atom stereocenters. The van der Waals surface area contributed by atoms with E-state index in [-0.39, 0.29) is 5.69 Å². The van der Waals surface area contributed by atoms with Gasteiger partial charge in [0.2, 0.25) is 0 Å². The summed E-state index contributed by atoms with van der Waals surface area (Å²) in [4.78, 5) is 0. The SMILES string of the molecule is CC#CCCNc1c(F)cc(F)cc1F. The lowest BCUT2D eigenvalue weighted by Gasteiger charge is -2.06. The van der Waals surface area contributed by atoms with Gasteiger partial charge >= 0.3 is 0 Å². The molecular weight excluding hydrogens is 203 g/mol. The average Bonchev–Trinajstić information content (AvgIpc) is 2.15. The molecule has 0 spiro atoms. The third-order valence-corrected chi connectivity index (χ3v) is 1.74. The Balaban J connectivity index is 2.71. The summed E-state index contributed by atoms with van der Waals surface area (Å²) in [5.41, 5.74) is -0.311. The van der Waals surface area contributed by atoms with E-state index in [4.69, 9.17) is 0 Å². The fraction of sp³-hybridized carbons (Fsp3) is 0.273. The molecule has 0 saturated carbocycles. The van der Waals surface area contributed by atoms with Crippen LogP contribution in [0.5, 0.6) is 0 Å². The van der Waals surface area contributed by atoms with Crippen LogP contribution in [0.3, 0.4) is 0 Å². The normalized spacial score (nSPS) is 9.33. The molecule has 0 aliphatic carbocycles. The summed E-state index contributed by atoms with van der Waals surface area (Å²) >= 11 is 0. The minimum absolute atomic E-state index is 0.311. The highest BCUT2D eigenvalue weighted by Gasteiger charge is 2.09. The van der Waals surface area contributed by atoms with Crippen LogP contribution in [0.2, 0.25) is 0 Å². The molecule has 1 aromatic carbocycles. The predicted molar refractivity (Wildman–Crippen MR) is 52.9 cm³/mol. The number of nitrogens with one attached hydrogen (secondary N) is 1. The largest absolute Gasteiger partial charge is 0.379 e. The lowest BCUT2D eigenvalue weighted by Crippen LogP contribution is -2.05. The summed E-state index contributed by atoms with van der Waals surface area (Å²) in [6.45, 7) is 2.00. The van der Waals surface area contributed by atoms with Crippen LogP contribution < -0.4 is 5.32 Å². The highest BCUT2D eigenvalue weighted by molar-refractivity contribution is 5.46. The fourth-order valence-electron chi connectivity index (χ4n) is 1.09. The molecule has 4 heteroatoms. The number of hydrogen-bond donors (Lipinski definition) is 1. The molecule has 0 unspecified atom stereocenters. The molecule has 1 rings (SSSR count). The Labute approximate surface area is 86.3 Å². The van der Waals surface area contributed by atoms with E-state index >= 15 is 0 Å². The third kappa shape index (κ3) is 3.21. The summed E-state index contributed by atoms with van der Waals surface area (Å²) in [6, 6.07) is 1.27. The average molecular weight is 213 g/mol. The summed E-state index contributed by atoms with van der Waals surface area (Å²) in [6.07, 6.45) is 0.479. The number of rotatable bonds is 3. The van der Waals surface area contributed by atoms with E-state index in [1.807, 2.05) is 0 Å². The van der Waals surface area contributed by atoms with Crippen molar-refractivity contribution in [1.82, 2.24) is 0 Å². The van der Waals surface area contributed by atoms with Gasteiger partial charge in [-0.2, -0.15) is 0 Å². The topological polar surface area (TPSA) is 12.0 Å². The molecule has 0 aliphatic heterocycles. The van der Waals surface area contributed by atoms with Crippen molar-refractivity contribution in [2.45, 2.75) is 13.3 Å². The lowest BCUT2D eigenvalue weighted by atomic mass is 10.2. The standard InChI is InChI=1S/C11H10F3N/c1-2-3-4-5-15-11-9(13)6-8(12)7-10(11)14/h6-7,15H,4-5H2,1H3. The molecule has 0 saturated heterocycles. The molecule has 0 bridgehead atoms. The minimum Gasteiger partial charge on any atom is -0.379 e. The summed E-state index contributed by atoms with van der Waals surface area (Å²) < 4.78 is 38.6. The van der Waals surface area contributed by atoms with Crippen molar-refractivity contribution in [3.8, 4) is 11.8 Å². The van der Waals surface area contributed by atoms with Gasteiger partial charge in [-0.25, -0.2) is 13.2 Å². The van der Waals surface area contributed by atoms with E-state index in [9.17, 15) is 13.2 Å². The molecule has 0 radical (unpaired) electrons. The predicted octanol–water partition coefficient (Wildman–Crippen LogP) is 2.93. The van der Waals surface area contributed by atoms with Gasteiger partial charge in [-0.1, -0.05) is 0 Å². The van der Waals surface area contributed by atoms with E-state index in [2.05, 4.69) is 17.2 Å². The molecule has 0 amide bonds. The highest BCUT2D eigenvalue weighted by Crippen LogP contribution is 2.19. The van der Waals surface area contributed by atoms with E-state index < -0.39 is 17.5 Å². The first-order valence-corrected chi connectivity index (χ1v) is 4.43. The van der Waals surface area contributed by atoms with Crippen LogP contribution in [-0.4, -0.2) is 6.54 Å². The molecule has 0 fully saturated rings. The second-order valence-corrected chi connectivity index (χ2v) is 2.85. The van der Waals surface area contributed by atoms with E-state index in [1.165, 1.54) is 0 Å². The van der Waals surface area contributed by atoms with Crippen molar-refractivity contribution >= 4 is 5.69 Å². The van der Waals surface area contributed by atoms with Gasteiger partial charge in [0.15, 0.2) is 11.6 Å². The quantitative estimate of drug-likeness (QED) is 0.601. The second kappa shape index (κ2) is 5.30. The van der Waals surface area contributed by atoms with Crippen LogP contribution in [0.1, 0.15) is 13.3 Å². The summed E-state index contributed by atoms with van der Waals surface area (Å²) in [5, 5.41) is 2.52. The molecule has 0 heterocycles. The van der Waals surface area contributed by atoms with Crippen molar-refractivity contribution in [3.05, 3.63) is 29.6 Å². The van der Waals surface area contributed by atoms with Crippen molar-refractivity contribution in [1.29, 1.82) is 0 Å². The number of halogens is 3. The molecule has 0 aliphatic rings. The lowest BCUT2D eigenvalue weighted by molar-refractivity contribution is 0.547. The van der Waals surface area contributed by atoms with Gasteiger partial charge in [0.25, 0.3) is 0 Å². The van der Waals surface area contributed by atoms with Crippen LogP contribution in [0, 0.1) is 29.3 Å². The first-order valence-electron chi connectivity index (χ1n) is 4.43. The Morgan fingerprint density at radius 2 is 1.80 bits per heavy atom. The Morgan fingerprint density at radius 1 is 1.20 bits per heavy atom. The maximum Gasteiger partial charge on any atom is 0.152 e. The molecular formula is C11H10F3N. The third-order valence-electron chi connectivity index (χ3n) is 1.74. The van der Waals surface area contributed by atoms with Crippen LogP contribution in [0.25, 0.3) is 0 Å². The first-order chi connectivity index (χ1) is 7.15. The molecule has 80 valence electrons. The van der Waals surface area contributed by atoms with E-state index in [0.717, 1.165) is 0 Å². The van der Waals surface area contributed by atoms with Crippen molar-refractivity contribution in [2.75, 3.05) is 11.9 Å². The minimum atomic E-state index is -0.933. The van der Waals surface area contributed by atoms with Crippen molar-refractivity contribution < 1.29 is 13.2 Å². The maximum absolute atomic E-state index is 13.0. The van der Waals surface area contributed by atoms with Crippen LogP contribution >= 0.6 is 0 Å². The monoisotopic (exact) mass is 213 g/mol. The van der Waals surface area contributed by atoms with Gasteiger partial charge < -0.3 is 5.32 Å². The molecule has 0 aromatic heterocycles. The molecule has 1 N–H and O–H groups in total. The van der Waals surface area contributed by atoms with Gasteiger partial charge in [0, 0.05) is 25.1 Å². The first kappa shape index (κ1) is 11.4. The van der Waals surface area contributed by atoms with Crippen LogP contribution in [0.15, 0.2) is 12.1 Å². The second-order valence-electron chi connectivity index (χ2n) is 2.85. The summed E-state index contributed by atoms with van der Waals surface area (Å²) in [7, 11) is 0. The van der Waals surface area contributed by atoms with Gasteiger partial charge in [0.05, 0.1) is 0 Å². The van der Waals surface area contributed by atoms with E-state index in [1.54, 1.807) is 6.92 Å². The molecule has 1 nitrogen and oxygen atoms in total. The maximum atomic E-state index is 13.0. The number of anilines is 1. The van der Waals surface area contributed by atoms with Crippen molar-refractivity contribution in [2.24, 2.45) is 0 Å². The Hall–Kier alpha value is -1.63. The van der Waals surface area contributed by atoms with Gasteiger partial charge in [-0.3, -0.25) is 0 Å². The van der Waals surface area contributed by atoms with Crippen molar-refractivity contribution in [3.63, 3.8) is 0 Å². The Kier molecular flexibility index (Phi) is 4.04. The Morgan fingerprint density at radius 3 is 2.33 bits per heavy atom. The van der Waals surface area contributed by atoms with Gasteiger partial charge in [-0.05, 0) is 6.92 Å². The summed E-state index contributed by atoms with van der Waals surface area (Å²) in [5.74, 6) is 2.60. The highest BCUT2D eigenvalue weighted by atomic mass is 19.1. The van der Waals surface area contributed by atoms with Crippen LogP contribution in [-0.2, 0) is 0 Å². The van der Waals surface area contributed by atoms with Crippen LogP contribution in [0.4, 0.5) is 18.9 Å². The number of hydrogen-bond acceptors (Lipinski definition) is 1. The molecule has 15 heavy (non-hydrogen) atoms. The molecule has 1 aromatic rings. The zero-order valence-electron chi connectivity index (χ0n) is 8.20. The number of benzene rings is 1.